The second kappa shape index (κ2) is 8.48. The second-order valence-corrected chi connectivity index (χ2v) is 9.81. The minimum absolute atomic E-state index is 0.210. The number of likely N-dealkylation sites (tertiary alicyclic amines) is 1. The lowest BCUT2D eigenvalue weighted by molar-refractivity contribution is -0.135. The number of aromatic nitrogens is 2. The average molecular weight is 440 g/mol. The Kier molecular flexibility index (Phi) is 5.67. The third-order valence-electron chi connectivity index (χ3n) is 7.89. The summed E-state index contributed by atoms with van der Waals surface area (Å²) in [5, 5.41) is 2.37. The Morgan fingerprint density at radius 3 is 2.34 bits per heavy atom. The molecule has 0 radical (unpaired) electrons. The lowest BCUT2D eigenvalue weighted by Gasteiger charge is -2.40. The van der Waals surface area contributed by atoms with Crippen LogP contribution >= 0.6 is 0 Å². The maximum atomic E-state index is 13.0. The van der Waals surface area contributed by atoms with Gasteiger partial charge in [0, 0.05) is 25.6 Å². The normalized spacial score (nSPS) is 28.2. The molecule has 2 aromatic rings. The number of piperidine rings is 2. The summed E-state index contributed by atoms with van der Waals surface area (Å²) in [6.07, 6.45) is 7.54. The molecule has 1 saturated carbocycles. The Labute approximate surface area is 187 Å². The maximum absolute atomic E-state index is 13.0. The van der Waals surface area contributed by atoms with Crippen molar-refractivity contribution in [1.29, 1.82) is 0 Å². The number of nitrogens with zero attached hydrogens (tertiary/aromatic N) is 3. The van der Waals surface area contributed by atoms with Gasteiger partial charge in [-0.3, -0.25) is 24.0 Å². The van der Waals surface area contributed by atoms with Crippen molar-refractivity contribution < 1.29 is 9.59 Å². The van der Waals surface area contributed by atoms with E-state index in [0.717, 1.165) is 49.8 Å². The molecular formula is C24H33N5O3. The van der Waals surface area contributed by atoms with E-state index in [4.69, 9.17) is 5.73 Å². The van der Waals surface area contributed by atoms with Gasteiger partial charge in [0.15, 0.2) is 0 Å². The predicted molar refractivity (Wildman–Crippen MR) is 122 cm³/mol. The zero-order valence-electron chi connectivity index (χ0n) is 18.8. The summed E-state index contributed by atoms with van der Waals surface area (Å²) in [6.45, 7) is 2.25. The van der Waals surface area contributed by atoms with Crippen molar-refractivity contribution in [1.82, 2.24) is 19.4 Å². The van der Waals surface area contributed by atoms with E-state index in [9.17, 15) is 14.4 Å². The monoisotopic (exact) mass is 439 g/mol. The van der Waals surface area contributed by atoms with E-state index < -0.39 is 11.9 Å². The number of rotatable bonds is 3. The van der Waals surface area contributed by atoms with Gasteiger partial charge in [-0.2, -0.15) is 0 Å². The zero-order chi connectivity index (χ0) is 22.4. The molecule has 8 nitrogen and oxygen atoms in total. The molecule has 5 rings (SSSR count). The van der Waals surface area contributed by atoms with Gasteiger partial charge in [0.2, 0.25) is 11.8 Å². The third-order valence-corrected chi connectivity index (χ3v) is 7.89. The summed E-state index contributed by atoms with van der Waals surface area (Å²) >= 11 is 0. The number of imide groups is 1. The zero-order valence-corrected chi connectivity index (χ0v) is 18.8. The number of nitrogens with two attached hydrogens (primary N) is 1. The van der Waals surface area contributed by atoms with Crippen LogP contribution < -0.4 is 16.7 Å². The molecule has 3 aliphatic rings. The van der Waals surface area contributed by atoms with Crippen molar-refractivity contribution in [3.8, 4) is 0 Å². The first-order valence-corrected chi connectivity index (χ1v) is 12.0. The summed E-state index contributed by atoms with van der Waals surface area (Å²) in [6, 6.07) is 6.63. The Morgan fingerprint density at radius 2 is 1.66 bits per heavy atom. The van der Waals surface area contributed by atoms with Gasteiger partial charge in [-0.15, -0.1) is 0 Å². The Hall–Kier alpha value is -2.45. The van der Waals surface area contributed by atoms with Crippen LogP contribution in [-0.4, -0.2) is 51.0 Å². The highest BCUT2D eigenvalue weighted by atomic mass is 16.2. The fourth-order valence-electron chi connectivity index (χ4n) is 5.92. The minimum atomic E-state index is -0.636. The van der Waals surface area contributed by atoms with Crippen molar-refractivity contribution >= 4 is 22.8 Å². The molecule has 1 aromatic heterocycles. The number of aryl methyl sites for hydroxylation is 1. The molecule has 0 spiro atoms. The summed E-state index contributed by atoms with van der Waals surface area (Å²) in [5.41, 5.74) is 8.74. The molecule has 1 aromatic carbocycles. The lowest BCUT2D eigenvalue weighted by atomic mass is 9.80. The van der Waals surface area contributed by atoms with Gasteiger partial charge < -0.3 is 10.6 Å². The van der Waals surface area contributed by atoms with Crippen LogP contribution in [0.15, 0.2) is 23.0 Å². The van der Waals surface area contributed by atoms with Crippen molar-refractivity contribution in [3.63, 3.8) is 0 Å². The first kappa shape index (κ1) is 21.4. The third kappa shape index (κ3) is 3.79. The van der Waals surface area contributed by atoms with Crippen LogP contribution in [-0.2, 0) is 16.6 Å². The maximum Gasteiger partial charge on any atom is 0.329 e. The lowest BCUT2D eigenvalue weighted by Crippen LogP contribution is -2.46. The van der Waals surface area contributed by atoms with Crippen LogP contribution in [0.5, 0.6) is 0 Å². The number of hydrogen-bond acceptors (Lipinski definition) is 5. The Morgan fingerprint density at radius 1 is 0.938 bits per heavy atom. The number of carbonyl (C=O) groups is 2. The number of imidazole rings is 1. The topological polar surface area (TPSA) is 102 Å². The van der Waals surface area contributed by atoms with E-state index >= 15 is 0 Å². The van der Waals surface area contributed by atoms with E-state index in [0.29, 0.717) is 24.4 Å². The highest BCUT2D eigenvalue weighted by Gasteiger charge is 2.32. The molecule has 2 saturated heterocycles. The smallest absolute Gasteiger partial charge is 0.328 e. The van der Waals surface area contributed by atoms with E-state index in [-0.39, 0.29) is 18.0 Å². The SMILES string of the molecule is Cn1c(=O)n(C2CCC(=O)NC2=O)c2ccc(C3CCC(N4CCC(N)CC4)CC3)cc21. The summed E-state index contributed by atoms with van der Waals surface area (Å²) in [5.74, 6) is -0.168. The van der Waals surface area contributed by atoms with Gasteiger partial charge in [-0.05, 0) is 81.6 Å². The largest absolute Gasteiger partial charge is 0.329 e. The highest BCUT2D eigenvalue weighted by molar-refractivity contribution is 6.00. The van der Waals surface area contributed by atoms with Crippen LogP contribution in [0.25, 0.3) is 11.0 Å². The molecule has 172 valence electrons. The van der Waals surface area contributed by atoms with Crippen LogP contribution in [0.4, 0.5) is 0 Å². The number of benzene rings is 1. The summed E-state index contributed by atoms with van der Waals surface area (Å²) in [4.78, 5) is 39.5. The first-order valence-electron chi connectivity index (χ1n) is 12.0. The standard InChI is InChI=1S/C24H33N5O3/c1-27-21-14-16(15-2-5-18(6-3-15)28-12-10-17(25)11-13-28)4-7-19(21)29(24(27)32)20-8-9-22(30)26-23(20)31/h4,7,14-15,17-18,20H,2-3,5-6,8-13,25H2,1H3,(H,26,30,31). The average Bonchev–Trinajstić information content (AvgIpc) is 3.04. The van der Waals surface area contributed by atoms with Crippen molar-refractivity contribution in [2.45, 2.75) is 75.4 Å². The number of amides is 2. The molecule has 8 heteroatoms. The molecule has 3 fully saturated rings. The molecule has 32 heavy (non-hydrogen) atoms. The molecule has 3 N–H and O–H groups in total. The van der Waals surface area contributed by atoms with Gasteiger partial charge in [0.05, 0.1) is 11.0 Å². The fraction of sp³-hybridized carbons (Fsp3) is 0.625. The second-order valence-electron chi connectivity index (χ2n) is 9.81. The molecule has 2 aliphatic heterocycles. The number of hydrogen-bond donors (Lipinski definition) is 2. The number of carbonyl (C=O) groups excluding carboxylic acids is 2. The first-order chi connectivity index (χ1) is 15.4. The van der Waals surface area contributed by atoms with Crippen molar-refractivity contribution in [2.75, 3.05) is 13.1 Å². The highest BCUT2D eigenvalue weighted by Crippen LogP contribution is 2.36. The Bertz CT molecular complexity index is 1090. The Balaban J connectivity index is 1.35. The molecular weight excluding hydrogens is 406 g/mol. The van der Waals surface area contributed by atoms with Gasteiger partial charge in [0.1, 0.15) is 6.04 Å². The quantitative estimate of drug-likeness (QED) is 0.710. The molecule has 3 heterocycles. The van der Waals surface area contributed by atoms with Crippen LogP contribution in [0.1, 0.15) is 68.9 Å². The van der Waals surface area contributed by atoms with Gasteiger partial charge in [0.25, 0.3) is 0 Å². The molecule has 1 aliphatic carbocycles. The molecule has 1 unspecified atom stereocenters. The van der Waals surface area contributed by atoms with E-state index in [1.165, 1.54) is 18.4 Å². The van der Waals surface area contributed by atoms with Crippen LogP contribution in [0, 0.1) is 0 Å². The fourth-order valence-corrected chi connectivity index (χ4v) is 5.92. The van der Waals surface area contributed by atoms with Gasteiger partial charge in [-0.25, -0.2) is 4.79 Å². The summed E-state index contributed by atoms with van der Waals surface area (Å²) in [7, 11) is 1.76. The van der Waals surface area contributed by atoms with Crippen LogP contribution in [0.3, 0.4) is 0 Å². The molecule has 2 amide bonds. The van der Waals surface area contributed by atoms with E-state index in [1.54, 1.807) is 16.2 Å². The summed E-state index contributed by atoms with van der Waals surface area (Å²) < 4.78 is 3.18. The van der Waals surface area contributed by atoms with Crippen molar-refractivity contribution in [2.24, 2.45) is 12.8 Å². The van der Waals surface area contributed by atoms with E-state index in [1.807, 2.05) is 6.07 Å². The van der Waals surface area contributed by atoms with E-state index in [2.05, 4.69) is 22.3 Å². The number of nitrogens with one attached hydrogen (secondary N) is 1. The van der Waals surface area contributed by atoms with Gasteiger partial charge in [-0.1, -0.05) is 6.07 Å². The molecule has 0 bridgehead atoms. The van der Waals surface area contributed by atoms with Crippen LogP contribution in [0.2, 0.25) is 0 Å². The number of fused-ring (bicyclic) bond motifs is 1. The molecule has 1 atom stereocenters. The minimum Gasteiger partial charge on any atom is -0.328 e. The predicted octanol–water partition coefficient (Wildman–Crippen LogP) is 1.77. The van der Waals surface area contributed by atoms with Crippen molar-refractivity contribution in [3.05, 3.63) is 34.2 Å². The van der Waals surface area contributed by atoms with Gasteiger partial charge >= 0.3 is 5.69 Å².